The van der Waals surface area contributed by atoms with Crippen molar-refractivity contribution in [2.75, 3.05) is 44.2 Å². The largest absolute Gasteiger partial charge is 0.454 e. The van der Waals surface area contributed by atoms with Crippen molar-refractivity contribution in [3.8, 4) is 0 Å². The highest BCUT2D eigenvalue weighted by atomic mass is 32.2. The number of piperazine rings is 1. The summed E-state index contributed by atoms with van der Waals surface area (Å²) in [5.41, 5.74) is 1.12. The number of amides is 1. The molecule has 0 saturated carbocycles. The molecule has 1 unspecified atom stereocenters. The summed E-state index contributed by atoms with van der Waals surface area (Å²) in [7, 11) is -3.82. The lowest BCUT2D eigenvalue weighted by Gasteiger charge is -2.36. The molecule has 0 aliphatic carbocycles. The van der Waals surface area contributed by atoms with Gasteiger partial charge in [-0.25, -0.2) is 8.42 Å². The van der Waals surface area contributed by atoms with Crippen LogP contribution >= 0.6 is 0 Å². The Morgan fingerprint density at radius 2 is 1.48 bits per heavy atom. The number of hydrogen-bond donors (Lipinski definition) is 0. The normalized spacial score (nSPS) is 19.8. The van der Waals surface area contributed by atoms with Gasteiger partial charge in [-0.1, -0.05) is 36.4 Å². The molecule has 33 heavy (non-hydrogen) atoms. The summed E-state index contributed by atoms with van der Waals surface area (Å²) >= 11 is 0. The van der Waals surface area contributed by atoms with Crippen molar-refractivity contribution >= 4 is 27.6 Å². The van der Waals surface area contributed by atoms with E-state index < -0.39 is 22.0 Å². The van der Waals surface area contributed by atoms with Crippen molar-refractivity contribution in [2.24, 2.45) is 0 Å². The summed E-state index contributed by atoms with van der Waals surface area (Å²) in [6, 6.07) is 17.2. The smallest absolute Gasteiger partial charge is 0.324 e. The molecule has 0 spiro atoms. The molecule has 0 N–H and O–H groups in total. The van der Waals surface area contributed by atoms with Gasteiger partial charge in [0.05, 0.1) is 4.90 Å². The Balaban J connectivity index is 1.32. The fourth-order valence-electron chi connectivity index (χ4n) is 4.33. The highest BCUT2D eigenvalue weighted by Crippen LogP contribution is 2.26. The molecule has 2 aliphatic rings. The van der Waals surface area contributed by atoms with Gasteiger partial charge in [-0.2, -0.15) is 4.31 Å². The van der Waals surface area contributed by atoms with Gasteiger partial charge in [0.25, 0.3) is 5.91 Å². The summed E-state index contributed by atoms with van der Waals surface area (Å²) in [5.74, 6) is -0.921. The molecule has 176 valence electrons. The number of esters is 1. The lowest BCUT2D eigenvalue weighted by atomic mass is 10.1. The topological polar surface area (TPSA) is 87.2 Å². The van der Waals surface area contributed by atoms with Crippen LogP contribution in [0.4, 0.5) is 5.69 Å². The van der Waals surface area contributed by atoms with E-state index in [2.05, 4.69) is 4.90 Å². The van der Waals surface area contributed by atoms with Crippen molar-refractivity contribution in [1.29, 1.82) is 0 Å². The van der Waals surface area contributed by atoms with E-state index in [1.54, 1.807) is 23.1 Å². The molecule has 8 nitrogen and oxygen atoms in total. The van der Waals surface area contributed by atoms with Gasteiger partial charge in [0.15, 0.2) is 6.61 Å². The monoisotopic (exact) mass is 471 g/mol. The highest BCUT2D eigenvalue weighted by molar-refractivity contribution is 7.89. The minimum absolute atomic E-state index is 0.150. The van der Waals surface area contributed by atoms with Gasteiger partial charge in [0, 0.05) is 38.4 Å². The van der Waals surface area contributed by atoms with Crippen LogP contribution in [0.1, 0.15) is 19.3 Å². The molecule has 9 heteroatoms. The summed E-state index contributed by atoms with van der Waals surface area (Å²) in [5, 5.41) is 0. The van der Waals surface area contributed by atoms with Gasteiger partial charge < -0.3 is 14.5 Å². The predicted octanol–water partition coefficient (Wildman–Crippen LogP) is 2.12. The van der Waals surface area contributed by atoms with E-state index in [9.17, 15) is 18.0 Å². The number of anilines is 1. The molecule has 2 heterocycles. The van der Waals surface area contributed by atoms with Crippen LogP contribution in [-0.4, -0.2) is 74.9 Å². The third kappa shape index (κ3) is 5.36. The van der Waals surface area contributed by atoms with Crippen molar-refractivity contribution in [2.45, 2.75) is 30.2 Å². The van der Waals surface area contributed by atoms with Crippen LogP contribution in [0.25, 0.3) is 0 Å². The molecule has 2 aromatic rings. The maximum absolute atomic E-state index is 13.1. The summed E-state index contributed by atoms with van der Waals surface area (Å²) in [4.78, 5) is 29.5. The highest BCUT2D eigenvalue weighted by Gasteiger charge is 2.39. The first-order chi connectivity index (χ1) is 16.0. The molecule has 4 rings (SSSR count). The van der Waals surface area contributed by atoms with Crippen LogP contribution in [0, 0.1) is 0 Å². The number of benzene rings is 2. The van der Waals surface area contributed by atoms with Crippen LogP contribution in [0.3, 0.4) is 0 Å². The van der Waals surface area contributed by atoms with Crippen molar-refractivity contribution in [3.05, 3.63) is 60.7 Å². The Hall–Kier alpha value is -2.91. The fraction of sp³-hybridized carbons (Fsp3) is 0.417. The first-order valence-electron chi connectivity index (χ1n) is 11.3. The van der Waals surface area contributed by atoms with Gasteiger partial charge in [0.2, 0.25) is 10.0 Å². The van der Waals surface area contributed by atoms with Crippen molar-refractivity contribution < 1.29 is 22.7 Å². The predicted molar refractivity (Wildman–Crippen MR) is 124 cm³/mol. The van der Waals surface area contributed by atoms with Crippen LogP contribution in [0.15, 0.2) is 65.6 Å². The molecular formula is C24H29N3O5S. The molecule has 2 saturated heterocycles. The van der Waals surface area contributed by atoms with Crippen molar-refractivity contribution in [3.63, 3.8) is 0 Å². The minimum atomic E-state index is -3.82. The molecule has 2 aliphatic heterocycles. The number of carbonyl (C=O) groups excluding carboxylic acids is 2. The molecule has 0 aromatic heterocycles. The van der Waals surface area contributed by atoms with Gasteiger partial charge in [-0.05, 0) is 43.5 Å². The Bertz CT molecular complexity index is 1050. The third-order valence-electron chi connectivity index (χ3n) is 6.17. The standard InChI is InChI=1S/C24H29N3O5S/c28-23(26-17-15-25(16-18-26)20-9-3-1-4-10-20)19-32-24(29)22-13-7-8-14-27(22)33(30,31)21-11-5-2-6-12-21/h1-6,9-12,22H,7-8,13-19H2. The average Bonchev–Trinajstić information content (AvgIpc) is 2.88. The summed E-state index contributed by atoms with van der Waals surface area (Å²) in [6.45, 7) is 2.38. The number of para-hydroxylation sites is 1. The maximum Gasteiger partial charge on any atom is 0.324 e. The zero-order chi connectivity index (χ0) is 23.3. The van der Waals surface area contributed by atoms with Gasteiger partial charge in [0.1, 0.15) is 6.04 Å². The van der Waals surface area contributed by atoms with Crippen LogP contribution in [0.5, 0.6) is 0 Å². The second-order valence-electron chi connectivity index (χ2n) is 8.25. The Kier molecular flexibility index (Phi) is 7.29. The molecular weight excluding hydrogens is 442 g/mol. The van der Waals surface area contributed by atoms with E-state index in [-0.39, 0.29) is 24.0 Å². The molecule has 1 amide bonds. The Labute approximate surface area is 194 Å². The average molecular weight is 472 g/mol. The Morgan fingerprint density at radius 1 is 0.848 bits per heavy atom. The summed E-state index contributed by atoms with van der Waals surface area (Å²) < 4.78 is 32.7. The maximum atomic E-state index is 13.1. The molecule has 2 aromatic carbocycles. The number of ether oxygens (including phenoxy) is 1. The quantitative estimate of drug-likeness (QED) is 0.600. The van der Waals surface area contributed by atoms with E-state index in [1.165, 1.54) is 16.4 Å². The summed E-state index contributed by atoms with van der Waals surface area (Å²) in [6.07, 6.45) is 1.80. The van der Waals surface area contributed by atoms with E-state index in [0.717, 1.165) is 12.1 Å². The van der Waals surface area contributed by atoms with E-state index in [1.807, 2.05) is 30.3 Å². The van der Waals surface area contributed by atoms with Crippen LogP contribution < -0.4 is 4.90 Å². The van der Waals surface area contributed by atoms with Crippen LogP contribution in [-0.2, 0) is 24.3 Å². The molecule has 0 radical (unpaired) electrons. The number of piperidine rings is 1. The lowest BCUT2D eigenvalue weighted by Crippen LogP contribution is -2.51. The van der Waals surface area contributed by atoms with Gasteiger partial charge >= 0.3 is 5.97 Å². The fourth-order valence-corrected chi connectivity index (χ4v) is 6.00. The number of carbonyl (C=O) groups is 2. The SMILES string of the molecule is O=C(OCC(=O)N1CCN(c2ccccc2)CC1)C1CCCCN1S(=O)(=O)c1ccccc1. The lowest BCUT2D eigenvalue weighted by molar-refractivity contribution is -0.156. The third-order valence-corrected chi connectivity index (χ3v) is 8.09. The molecule has 1 atom stereocenters. The first kappa shape index (κ1) is 23.3. The second kappa shape index (κ2) is 10.4. The zero-order valence-electron chi connectivity index (χ0n) is 18.5. The van der Waals surface area contributed by atoms with Gasteiger partial charge in [-0.3, -0.25) is 9.59 Å². The molecule has 0 bridgehead atoms. The van der Waals surface area contributed by atoms with Gasteiger partial charge in [-0.15, -0.1) is 0 Å². The first-order valence-corrected chi connectivity index (χ1v) is 12.7. The number of sulfonamides is 1. The Morgan fingerprint density at radius 3 is 2.15 bits per heavy atom. The minimum Gasteiger partial charge on any atom is -0.454 e. The van der Waals surface area contributed by atoms with Crippen molar-refractivity contribution in [1.82, 2.24) is 9.21 Å². The zero-order valence-corrected chi connectivity index (χ0v) is 19.3. The van der Waals surface area contributed by atoms with E-state index >= 15 is 0 Å². The number of rotatable bonds is 6. The van der Waals surface area contributed by atoms with Crippen LogP contribution in [0.2, 0.25) is 0 Å². The number of nitrogens with zero attached hydrogens (tertiary/aromatic N) is 3. The number of hydrogen-bond acceptors (Lipinski definition) is 6. The molecule has 2 fully saturated rings. The second-order valence-corrected chi connectivity index (χ2v) is 10.1. The van der Waals surface area contributed by atoms with E-state index in [0.29, 0.717) is 39.0 Å². The van der Waals surface area contributed by atoms with E-state index in [4.69, 9.17) is 4.74 Å².